The SMILES string of the molecule is O=S(=O)(Nc1ccc(Cl)cc1Cl)c1cccc(F)c1. The molecule has 0 saturated heterocycles. The molecule has 0 saturated carbocycles. The van der Waals surface area contributed by atoms with Crippen LogP contribution in [0.2, 0.25) is 10.0 Å². The second-order valence-electron chi connectivity index (χ2n) is 3.69. The van der Waals surface area contributed by atoms with Crippen molar-refractivity contribution in [3.63, 3.8) is 0 Å². The standard InChI is InChI=1S/C12H8Cl2FNO2S/c13-8-4-5-12(11(14)6-8)16-19(17,18)10-3-1-2-9(15)7-10/h1-7,16H. The number of halogens is 3. The van der Waals surface area contributed by atoms with Crippen molar-refractivity contribution in [3.05, 3.63) is 58.3 Å². The normalized spacial score (nSPS) is 11.3. The molecule has 0 atom stereocenters. The van der Waals surface area contributed by atoms with Crippen LogP contribution in [-0.2, 0) is 10.0 Å². The van der Waals surface area contributed by atoms with Gasteiger partial charge in [-0.1, -0.05) is 29.3 Å². The van der Waals surface area contributed by atoms with Crippen LogP contribution in [0.25, 0.3) is 0 Å². The van der Waals surface area contributed by atoms with E-state index in [-0.39, 0.29) is 15.6 Å². The first kappa shape index (κ1) is 14.1. The summed E-state index contributed by atoms with van der Waals surface area (Å²) in [6.07, 6.45) is 0. The third-order valence-electron chi connectivity index (χ3n) is 2.28. The monoisotopic (exact) mass is 319 g/mol. The number of nitrogens with one attached hydrogen (secondary N) is 1. The molecule has 7 heteroatoms. The van der Waals surface area contributed by atoms with Crippen LogP contribution >= 0.6 is 23.2 Å². The summed E-state index contributed by atoms with van der Waals surface area (Å²) in [5.74, 6) is -0.634. The Morgan fingerprint density at radius 2 is 1.79 bits per heavy atom. The second-order valence-corrected chi connectivity index (χ2v) is 6.21. The quantitative estimate of drug-likeness (QED) is 0.931. The van der Waals surface area contributed by atoms with Gasteiger partial charge in [-0.15, -0.1) is 0 Å². The van der Waals surface area contributed by atoms with Crippen LogP contribution in [0.4, 0.5) is 10.1 Å². The van der Waals surface area contributed by atoms with E-state index in [9.17, 15) is 12.8 Å². The van der Waals surface area contributed by atoms with Gasteiger partial charge in [-0.05, 0) is 36.4 Å². The Balaban J connectivity index is 2.36. The lowest BCUT2D eigenvalue weighted by molar-refractivity contribution is 0.595. The average Bonchev–Trinajstić information content (AvgIpc) is 2.33. The number of hydrogen-bond donors (Lipinski definition) is 1. The van der Waals surface area contributed by atoms with Gasteiger partial charge in [-0.2, -0.15) is 0 Å². The summed E-state index contributed by atoms with van der Waals surface area (Å²) in [4.78, 5) is -0.182. The predicted molar refractivity (Wildman–Crippen MR) is 73.7 cm³/mol. The first-order valence-corrected chi connectivity index (χ1v) is 7.36. The number of anilines is 1. The lowest BCUT2D eigenvalue weighted by atomic mass is 10.3. The molecule has 0 fully saturated rings. The van der Waals surface area contributed by atoms with Crippen LogP contribution in [0, 0.1) is 5.82 Å². The molecule has 0 radical (unpaired) electrons. The summed E-state index contributed by atoms with van der Waals surface area (Å²) in [5.41, 5.74) is 0.176. The van der Waals surface area contributed by atoms with Crippen molar-refractivity contribution < 1.29 is 12.8 Å². The highest BCUT2D eigenvalue weighted by atomic mass is 35.5. The Morgan fingerprint density at radius 1 is 1.05 bits per heavy atom. The molecule has 0 aromatic heterocycles. The van der Waals surface area contributed by atoms with Gasteiger partial charge >= 0.3 is 0 Å². The molecule has 0 aliphatic rings. The number of hydrogen-bond acceptors (Lipinski definition) is 2. The van der Waals surface area contributed by atoms with E-state index in [2.05, 4.69) is 4.72 Å². The minimum Gasteiger partial charge on any atom is -0.278 e. The van der Waals surface area contributed by atoms with E-state index >= 15 is 0 Å². The van der Waals surface area contributed by atoms with Crippen molar-refractivity contribution >= 4 is 38.9 Å². The fraction of sp³-hybridized carbons (Fsp3) is 0. The van der Waals surface area contributed by atoms with Gasteiger partial charge < -0.3 is 0 Å². The van der Waals surface area contributed by atoms with Gasteiger partial charge in [0.2, 0.25) is 0 Å². The Morgan fingerprint density at radius 3 is 2.42 bits per heavy atom. The van der Waals surface area contributed by atoms with Crippen LogP contribution < -0.4 is 4.72 Å². The highest BCUT2D eigenvalue weighted by molar-refractivity contribution is 7.92. The second kappa shape index (κ2) is 5.36. The van der Waals surface area contributed by atoms with Crippen LogP contribution in [0.15, 0.2) is 47.4 Å². The summed E-state index contributed by atoms with van der Waals surface area (Å²) in [6, 6.07) is 9.02. The maximum atomic E-state index is 13.0. The molecule has 0 aliphatic carbocycles. The zero-order valence-electron chi connectivity index (χ0n) is 9.40. The van der Waals surface area contributed by atoms with Gasteiger partial charge in [0.25, 0.3) is 10.0 Å². The van der Waals surface area contributed by atoms with E-state index in [0.717, 1.165) is 12.1 Å². The topological polar surface area (TPSA) is 46.2 Å². The molecule has 0 unspecified atom stereocenters. The van der Waals surface area contributed by atoms with Crippen molar-refractivity contribution in [3.8, 4) is 0 Å². The summed E-state index contributed by atoms with van der Waals surface area (Å²) < 4.78 is 39.3. The average molecular weight is 320 g/mol. The lowest BCUT2D eigenvalue weighted by Crippen LogP contribution is -2.13. The van der Waals surface area contributed by atoms with Crippen molar-refractivity contribution in [2.24, 2.45) is 0 Å². The Hall–Kier alpha value is -1.30. The highest BCUT2D eigenvalue weighted by Gasteiger charge is 2.16. The maximum absolute atomic E-state index is 13.0. The molecular formula is C12H8Cl2FNO2S. The van der Waals surface area contributed by atoms with E-state index in [4.69, 9.17) is 23.2 Å². The maximum Gasteiger partial charge on any atom is 0.262 e. The Kier molecular flexibility index (Phi) is 3.99. The number of rotatable bonds is 3. The summed E-state index contributed by atoms with van der Waals surface area (Å²) >= 11 is 11.6. The lowest BCUT2D eigenvalue weighted by Gasteiger charge is -2.09. The fourth-order valence-electron chi connectivity index (χ4n) is 1.41. The molecule has 100 valence electrons. The molecule has 2 aromatic carbocycles. The molecule has 1 N–H and O–H groups in total. The van der Waals surface area contributed by atoms with Crippen molar-refractivity contribution in [1.82, 2.24) is 0 Å². The summed E-state index contributed by atoms with van der Waals surface area (Å²) in [7, 11) is -3.89. The number of benzene rings is 2. The molecule has 0 spiro atoms. The first-order valence-electron chi connectivity index (χ1n) is 5.12. The molecule has 19 heavy (non-hydrogen) atoms. The van der Waals surface area contributed by atoms with Gasteiger partial charge in [0.15, 0.2) is 0 Å². The third-order valence-corrected chi connectivity index (χ3v) is 4.19. The smallest absolute Gasteiger partial charge is 0.262 e. The van der Waals surface area contributed by atoms with Gasteiger partial charge in [0.05, 0.1) is 15.6 Å². The van der Waals surface area contributed by atoms with Gasteiger partial charge in [0.1, 0.15) is 5.82 Å². The van der Waals surface area contributed by atoms with Crippen LogP contribution in [-0.4, -0.2) is 8.42 Å². The summed E-state index contributed by atoms with van der Waals surface area (Å²) in [5, 5.41) is 0.547. The van der Waals surface area contributed by atoms with Gasteiger partial charge in [-0.25, -0.2) is 12.8 Å². The molecule has 0 amide bonds. The van der Waals surface area contributed by atoms with Crippen molar-refractivity contribution in [1.29, 1.82) is 0 Å². The van der Waals surface area contributed by atoms with Gasteiger partial charge in [0, 0.05) is 5.02 Å². The van der Waals surface area contributed by atoms with E-state index < -0.39 is 15.8 Å². The predicted octanol–water partition coefficient (Wildman–Crippen LogP) is 3.93. The van der Waals surface area contributed by atoms with Crippen LogP contribution in [0.3, 0.4) is 0 Å². The molecule has 0 heterocycles. The van der Waals surface area contributed by atoms with E-state index in [1.807, 2.05) is 0 Å². The molecule has 3 nitrogen and oxygen atoms in total. The largest absolute Gasteiger partial charge is 0.278 e. The molecule has 0 aliphatic heterocycles. The van der Waals surface area contributed by atoms with Crippen LogP contribution in [0.1, 0.15) is 0 Å². The highest BCUT2D eigenvalue weighted by Crippen LogP contribution is 2.27. The Bertz CT molecular complexity index is 719. The zero-order valence-corrected chi connectivity index (χ0v) is 11.7. The van der Waals surface area contributed by atoms with E-state index in [0.29, 0.717) is 5.02 Å². The Labute approximate surface area is 120 Å². The van der Waals surface area contributed by atoms with Crippen molar-refractivity contribution in [2.75, 3.05) is 4.72 Å². The third kappa shape index (κ3) is 3.37. The van der Waals surface area contributed by atoms with E-state index in [1.54, 1.807) is 0 Å². The first-order chi connectivity index (χ1) is 8.88. The minimum absolute atomic E-state index is 0.160. The minimum atomic E-state index is -3.89. The van der Waals surface area contributed by atoms with Crippen LogP contribution in [0.5, 0.6) is 0 Å². The molecule has 2 rings (SSSR count). The summed E-state index contributed by atoms with van der Waals surface area (Å²) in [6.45, 7) is 0. The zero-order chi connectivity index (χ0) is 14.0. The fourth-order valence-corrected chi connectivity index (χ4v) is 3.03. The molecular weight excluding hydrogens is 312 g/mol. The van der Waals surface area contributed by atoms with Crippen molar-refractivity contribution in [2.45, 2.75) is 4.90 Å². The molecule has 0 bridgehead atoms. The van der Waals surface area contributed by atoms with Gasteiger partial charge in [-0.3, -0.25) is 4.72 Å². The molecule has 2 aromatic rings. The number of sulfonamides is 1. The van der Waals surface area contributed by atoms with E-state index in [1.165, 1.54) is 30.3 Å².